The summed E-state index contributed by atoms with van der Waals surface area (Å²) in [6.07, 6.45) is 2.03. The fraction of sp³-hybridized carbons (Fsp3) is 0.588. The first kappa shape index (κ1) is 22.2. The molecule has 1 aliphatic heterocycles. The van der Waals surface area contributed by atoms with E-state index in [2.05, 4.69) is 18.7 Å². The first-order chi connectivity index (χ1) is 10.2. The molecule has 1 fully saturated rings. The predicted octanol–water partition coefficient (Wildman–Crippen LogP) is 2.86. The average Bonchev–Trinajstić information content (AvgIpc) is 2.52. The second-order valence-electron chi connectivity index (χ2n) is 5.72. The lowest BCUT2D eigenvalue weighted by Crippen LogP contribution is -2.50. The summed E-state index contributed by atoms with van der Waals surface area (Å²) < 4.78 is 0. The number of benzene rings is 1. The smallest absolute Gasteiger partial charge is 0.244 e. The van der Waals surface area contributed by atoms with Crippen molar-refractivity contribution in [2.75, 3.05) is 26.2 Å². The second kappa shape index (κ2) is 10.9. The van der Waals surface area contributed by atoms with Gasteiger partial charge in [0.1, 0.15) is 6.04 Å². The SMILES string of the molecule is CCN(CC)C(C(=O)N1CCCC(N)C1)c1ccccc1.Cl.Cl. The summed E-state index contributed by atoms with van der Waals surface area (Å²) in [5.74, 6) is 0.194. The number of nitrogens with two attached hydrogens (primary N) is 1. The van der Waals surface area contributed by atoms with E-state index >= 15 is 0 Å². The van der Waals surface area contributed by atoms with Gasteiger partial charge in [-0.1, -0.05) is 44.2 Å². The molecule has 1 heterocycles. The number of hydrogen-bond donors (Lipinski definition) is 1. The molecule has 1 saturated heterocycles. The largest absolute Gasteiger partial charge is 0.339 e. The minimum absolute atomic E-state index is 0. The van der Waals surface area contributed by atoms with Gasteiger partial charge >= 0.3 is 0 Å². The summed E-state index contributed by atoms with van der Waals surface area (Å²) in [6.45, 7) is 7.45. The monoisotopic (exact) mass is 361 g/mol. The molecular weight excluding hydrogens is 333 g/mol. The van der Waals surface area contributed by atoms with E-state index in [1.54, 1.807) is 0 Å². The molecule has 0 radical (unpaired) electrons. The molecule has 4 nitrogen and oxygen atoms in total. The zero-order valence-electron chi connectivity index (χ0n) is 14.0. The van der Waals surface area contributed by atoms with E-state index in [4.69, 9.17) is 5.73 Å². The number of piperidine rings is 1. The van der Waals surface area contributed by atoms with Gasteiger partial charge < -0.3 is 10.6 Å². The quantitative estimate of drug-likeness (QED) is 0.876. The molecule has 23 heavy (non-hydrogen) atoms. The maximum absolute atomic E-state index is 13.0. The molecule has 1 aromatic carbocycles. The van der Waals surface area contributed by atoms with Gasteiger partial charge in [-0.15, -0.1) is 24.8 Å². The molecule has 0 bridgehead atoms. The zero-order valence-corrected chi connectivity index (χ0v) is 15.6. The fourth-order valence-corrected chi connectivity index (χ4v) is 3.12. The Kier molecular flexibility index (Phi) is 10.5. The molecule has 2 unspecified atom stereocenters. The molecule has 132 valence electrons. The van der Waals surface area contributed by atoms with Gasteiger partial charge in [-0.3, -0.25) is 9.69 Å². The van der Waals surface area contributed by atoms with E-state index in [-0.39, 0.29) is 42.8 Å². The Balaban J connectivity index is 0.00000242. The lowest BCUT2D eigenvalue weighted by atomic mass is 10.0. The van der Waals surface area contributed by atoms with Crippen LogP contribution in [0.4, 0.5) is 0 Å². The predicted molar refractivity (Wildman–Crippen MR) is 100 cm³/mol. The standard InChI is InChI=1S/C17H27N3O.2ClH/c1-3-19(4-2)16(14-9-6-5-7-10-14)17(21)20-12-8-11-15(18)13-20;;/h5-7,9-10,15-16H,3-4,8,11-13,18H2,1-2H3;2*1H. The third-order valence-electron chi connectivity index (χ3n) is 4.30. The summed E-state index contributed by atoms with van der Waals surface area (Å²) in [7, 11) is 0. The van der Waals surface area contributed by atoms with Gasteiger partial charge in [-0.05, 0) is 31.5 Å². The van der Waals surface area contributed by atoms with Crippen LogP contribution in [0.3, 0.4) is 0 Å². The highest BCUT2D eigenvalue weighted by Gasteiger charge is 2.31. The molecule has 1 amide bonds. The van der Waals surface area contributed by atoms with Gasteiger partial charge in [0, 0.05) is 19.1 Å². The Bertz CT molecular complexity index is 454. The Morgan fingerprint density at radius 1 is 1.26 bits per heavy atom. The molecule has 6 heteroatoms. The van der Waals surface area contributed by atoms with Crippen molar-refractivity contribution in [1.82, 2.24) is 9.80 Å². The van der Waals surface area contributed by atoms with E-state index in [0.717, 1.165) is 38.0 Å². The number of rotatable bonds is 5. The third kappa shape index (κ3) is 5.64. The van der Waals surface area contributed by atoms with Gasteiger partial charge in [0.15, 0.2) is 0 Å². The molecule has 2 N–H and O–H groups in total. The van der Waals surface area contributed by atoms with Crippen molar-refractivity contribution in [3.63, 3.8) is 0 Å². The number of hydrogen-bond acceptors (Lipinski definition) is 3. The Hall–Kier alpha value is -0.810. The number of carbonyl (C=O) groups is 1. The summed E-state index contributed by atoms with van der Waals surface area (Å²) in [6, 6.07) is 10.0. The molecule has 1 aliphatic rings. The molecular formula is C17H29Cl2N3O. The van der Waals surface area contributed by atoms with Crippen molar-refractivity contribution in [2.45, 2.75) is 38.8 Å². The Morgan fingerprint density at radius 3 is 2.39 bits per heavy atom. The van der Waals surface area contributed by atoms with Gasteiger partial charge in [-0.2, -0.15) is 0 Å². The van der Waals surface area contributed by atoms with Crippen LogP contribution in [-0.2, 0) is 4.79 Å². The molecule has 0 aliphatic carbocycles. The zero-order chi connectivity index (χ0) is 15.2. The summed E-state index contributed by atoms with van der Waals surface area (Å²) in [4.78, 5) is 17.2. The van der Waals surface area contributed by atoms with Crippen LogP contribution in [0.15, 0.2) is 30.3 Å². The number of likely N-dealkylation sites (tertiary alicyclic amines) is 1. The van der Waals surface area contributed by atoms with Crippen molar-refractivity contribution in [3.05, 3.63) is 35.9 Å². The van der Waals surface area contributed by atoms with E-state index < -0.39 is 0 Å². The van der Waals surface area contributed by atoms with Crippen LogP contribution in [0.1, 0.15) is 38.3 Å². The maximum atomic E-state index is 13.0. The summed E-state index contributed by atoms with van der Waals surface area (Å²) in [5, 5.41) is 0. The van der Waals surface area contributed by atoms with E-state index in [9.17, 15) is 4.79 Å². The van der Waals surface area contributed by atoms with Crippen molar-refractivity contribution < 1.29 is 4.79 Å². The van der Waals surface area contributed by atoms with Gasteiger partial charge in [-0.25, -0.2) is 0 Å². The van der Waals surface area contributed by atoms with Crippen molar-refractivity contribution >= 4 is 30.7 Å². The highest BCUT2D eigenvalue weighted by molar-refractivity contribution is 5.85. The molecule has 0 aromatic heterocycles. The second-order valence-corrected chi connectivity index (χ2v) is 5.72. The lowest BCUT2D eigenvalue weighted by Gasteiger charge is -2.37. The molecule has 0 saturated carbocycles. The van der Waals surface area contributed by atoms with Crippen molar-refractivity contribution in [1.29, 1.82) is 0 Å². The van der Waals surface area contributed by atoms with E-state index in [0.29, 0.717) is 6.54 Å². The topological polar surface area (TPSA) is 49.6 Å². The average molecular weight is 362 g/mol. The number of likely N-dealkylation sites (N-methyl/N-ethyl adjacent to an activating group) is 1. The third-order valence-corrected chi connectivity index (χ3v) is 4.30. The summed E-state index contributed by atoms with van der Waals surface area (Å²) in [5.41, 5.74) is 7.11. The van der Waals surface area contributed by atoms with Crippen LogP contribution < -0.4 is 5.73 Å². The normalized spacial score (nSPS) is 18.8. The van der Waals surface area contributed by atoms with Crippen LogP contribution in [0.25, 0.3) is 0 Å². The van der Waals surface area contributed by atoms with Crippen LogP contribution in [0.5, 0.6) is 0 Å². The summed E-state index contributed by atoms with van der Waals surface area (Å²) >= 11 is 0. The number of nitrogens with zero attached hydrogens (tertiary/aromatic N) is 2. The van der Waals surface area contributed by atoms with Gasteiger partial charge in [0.05, 0.1) is 0 Å². The maximum Gasteiger partial charge on any atom is 0.244 e. The lowest BCUT2D eigenvalue weighted by molar-refractivity contribution is -0.138. The van der Waals surface area contributed by atoms with E-state index in [1.807, 2.05) is 35.2 Å². The van der Waals surface area contributed by atoms with Crippen LogP contribution in [-0.4, -0.2) is 47.9 Å². The Morgan fingerprint density at radius 2 is 1.87 bits per heavy atom. The minimum Gasteiger partial charge on any atom is -0.339 e. The van der Waals surface area contributed by atoms with Crippen molar-refractivity contribution in [2.24, 2.45) is 5.73 Å². The first-order valence-corrected chi connectivity index (χ1v) is 8.00. The number of halogens is 2. The van der Waals surface area contributed by atoms with E-state index in [1.165, 1.54) is 0 Å². The van der Waals surface area contributed by atoms with Crippen molar-refractivity contribution in [3.8, 4) is 0 Å². The minimum atomic E-state index is -0.188. The van der Waals surface area contributed by atoms with Crippen LogP contribution in [0, 0.1) is 0 Å². The van der Waals surface area contributed by atoms with Crippen LogP contribution >= 0.6 is 24.8 Å². The van der Waals surface area contributed by atoms with Gasteiger partial charge in [0.2, 0.25) is 5.91 Å². The molecule has 0 spiro atoms. The first-order valence-electron chi connectivity index (χ1n) is 8.00. The highest BCUT2D eigenvalue weighted by Crippen LogP contribution is 2.24. The fourth-order valence-electron chi connectivity index (χ4n) is 3.12. The highest BCUT2D eigenvalue weighted by atomic mass is 35.5. The molecule has 1 aromatic rings. The number of amides is 1. The van der Waals surface area contributed by atoms with Gasteiger partial charge in [0.25, 0.3) is 0 Å². The molecule has 2 rings (SSSR count). The van der Waals surface area contributed by atoms with Crippen LogP contribution in [0.2, 0.25) is 0 Å². The Labute approximate surface area is 152 Å². The molecule has 2 atom stereocenters. The number of carbonyl (C=O) groups excluding carboxylic acids is 1.